The van der Waals surface area contributed by atoms with Crippen LogP contribution in [0.1, 0.15) is 54.8 Å². The monoisotopic (exact) mass is 348 g/mol. The van der Waals surface area contributed by atoms with Crippen molar-refractivity contribution in [3.05, 3.63) is 64.3 Å². The van der Waals surface area contributed by atoms with Crippen LogP contribution in [0.2, 0.25) is 0 Å². The van der Waals surface area contributed by atoms with E-state index < -0.39 is 0 Å². The maximum Gasteiger partial charge on any atom is 0.122 e. The average Bonchev–Trinajstić information content (AvgIpc) is 2.98. The van der Waals surface area contributed by atoms with E-state index in [1.54, 1.807) is 7.11 Å². The fourth-order valence-corrected chi connectivity index (χ4v) is 4.12. The molecule has 2 N–H and O–H groups in total. The number of hydrogen-bond donors (Lipinski definition) is 2. The summed E-state index contributed by atoms with van der Waals surface area (Å²) in [6.45, 7) is 9.87. The summed E-state index contributed by atoms with van der Waals surface area (Å²) in [5.41, 5.74) is 7.89. The third-order valence-corrected chi connectivity index (χ3v) is 5.47. The van der Waals surface area contributed by atoms with Gasteiger partial charge in [0, 0.05) is 23.1 Å². The Labute approximate surface area is 155 Å². The van der Waals surface area contributed by atoms with Gasteiger partial charge in [0.2, 0.25) is 0 Å². The lowest BCUT2D eigenvalue weighted by Gasteiger charge is -2.28. The minimum absolute atomic E-state index is 0.0381. The molecule has 136 valence electrons. The van der Waals surface area contributed by atoms with Gasteiger partial charge in [0.1, 0.15) is 5.75 Å². The quantitative estimate of drug-likeness (QED) is 0.682. The highest BCUT2D eigenvalue weighted by atomic mass is 16.5. The zero-order chi connectivity index (χ0) is 18.5. The molecule has 1 aliphatic rings. The predicted octanol–water partition coefficient (Wildman–Crippen LogP) is 5.02. The van der Waals surface area contributed by atoms with Gasteiger partial charge >= 0.3 is 0 Å². The Hall–Kier alpha value is -2.26. The highest BCUT2D eigenvalue weighted by Crippen LogP contribution is 2.38. The molecule has 0 spiro atoms. The van der Waals surface area contributed by atoms with Crippen molar-refractivity contribution in [2.75, 3.05) is 13.7 Å². The lowest BCUT2D eigenvalue weighted by molar-refractivity contribution is 0.397. The van der Waals surface area contributed by atoms with E-state index in [0.717, 1.165) is 18.7 Å². The van der Waals surface area contributed by atoms with E-state index in [-0.39, 0.29) is 11.5 Å². The molecule has 4 rings (SSSR count). The molecule has 1 aromatic heterocycles. The molecule has 0 saturated carbocycles. The van der Waals surface area contributed by atoms with Crippen molar-refractivity contribution in [3.63, 3.8) is 0 Å². The molecule has 3 heteroatoms. The second-order valence-electron chi connectivity index (χ2n) is 8.41. The number of nitrogens with one attached hydrogen (secondary N) is 2. The molecule has 26 heavy (non-hydrogen) atoms. The van der Waals surface area contributed by atoms with E-state index in [1.807, 2.05) is 0 Å². The summed E-state index contributed by atoms with van der Waals surface area (Å²) in [7, 11) is 1.75. The lowest BCUT2D eigenvalue weighted by atomic mass is 9.83. The van der Waals surface area contributed by atoms with E-state index in [0.29, 0.717) is 0 Å². The zero-order valence-corrected chi connectivity index (χ0v) is 16.4. The molecular formula is C23H28N2O. The number of ether oxygens (including phenoxy) is 1. The largest absolute Gasteiger partial charge is 0.496 e. The molecule has 0 fully saturated rings. The molecule has 1 aliphatic heterocycles. The molecule has 0 amide bonds. The number of methoxy groups -OCH3 is 1. The van der Waals surface area contributed by atoms with Crippen LogP contribution in [0.25, 0.3) is 10.9 Å². The van der Waals surface area contributed by atoms with Crippen LogP contribution in [-0.2, 0) is 11.8 Å². The van der Waals surface area contributed by atoms with Crippen molar-refractivity contribution in [1.82, 2.24) is 10.3 Å². The molecule has 3 aromatic rings. The first-order chi connectivity index (χ1) is 12.4. The van der Waals surface area contributed by atoms with Crippen molar-refractivity contribution in [2.24, 2.45) is 0 Å². The highest BCUT2D eigenvalue weighted by molar-refractivity contribution is 5.86. The van der Waals surface area contributed by atoms with E-state index in [1.165, 1.54) is 38.9 Å². The Morgan fingerprint density at radius 2 is 1.88 bits per heavy atom. The van der Waals surface area contributed by atoms with Crippen molar-refractivity contribution < 1.29 is 4.74 Å². The van der Waals surface area contributed by atoms with Crippen LogP contribution in [0.3, 0.4) is 0 Å². The Morgan fingerprint density at radius 3 is 2.62 bits per heavy atom. The standard InChI is InChI=1S/C23H28N2O/c1-14-6-8-19-17(12-14)16-10-11-24-21(22(16)25-19)15-7-9-20(26-5)18(13-15)23(2,3)4/h6-9,12-13,21,24-25H,10-11H2,1-5H3. The van der Waals surface area contributed by atoms with E-state index in [2.05, 4.69) is 74.4 Å². The van der Waals surface area contributed by atoms with Gasteiger partial charge in [-0.3, -0.25) is 0 Å². The number of aryl methyl sites for hydroxylation is 1. The Kier molecular flexibility index (Phi) is 4.07. The molecule has 2 heterocycles. The number of aromatic amines is 1. The minimum atomic E-state index is 0.0381. The molecule has 0 saturated heterocycles. The summed E-state index contributed by atoms with van der Waals surface area (Å²) in [4.78, 5) is 3.68. The molecule has 2 aromatic carbocycles. The number of aromatic nitrogens is 1. The third-order valence-electron chi connectivity index (χ3n) is 5.47. The number of fused-ring (bicyclic) bond motifs is 3. The van der Waals surface area contributed by atoms with Crippen LogP contribution < -0.4 is 10.1 Å². The normalized spacial score (nSPS) is 17.3. The Bertz CT molecular complexity index is 962. The molecule has 1 atom stereocenters. The van der Waals surface area contributed by atoms with Gasteiger partial charge in [0.25, 0.3) is 0 Å². The number of H-pyrrole nitrogens is 1. The summed E-state index contributed by atoms with van der Waals surface area (Å²) >= 11 is 0. The summed E-state index contributed by atoms with van der Waals surface area (Å²) in [6.07, 6.45) is 1.07. The first kappa shape index (κ1) is 17.2. The number of rotatable bonds is 2. The summed E-state index contributed by atoms with van der Waals surface area (Å²) < 4.78 is 5.62. The van der Waals surface area contributed by atoms with Crippen LogP contribution in [0.4, 0.5) is 0 Å². The Morgan fingerprint density at radius 1 is 1.08 bits per heavy atom. The zero-order valence-electron chi connectivity index (χ0n) is 16.4. The van der Waals surface area contributed by atoms with Crippen LogP contribution in [0, 0.1) is 6.92 Å². The summed E-state index contributed by atoms with van der Waals surface area (Å²) in [5.74, 6) is 0.963. The lowest BCUT2D eigenvalue weighted by Crippen LogP contribution is -2.30. The fourth-order valence-electron chi connectivity index (χ4n) is 4.12. The summed E-state index contributed by atoms with van der Waals surface area (Å²) in [5, 5.41) is 5.08. The second-order valence-corrected chi connectivity index (χ2v) is 8.41. The smallest absolute Gasteiger partial charge is 0.122 e. The third kappa shape index (κ3) is 2.80. The second kappa shape index (κ2) is 6.17. The average molecular weight is 348 g/mol. The van der Waals surface area contributed by atoms with Crippen molar-refractivity contribution in [1.29, 1.82) is 0 Å². The van der Waals surface area contributed by atoms with Gasteiger partial charge < -0.3 is 15.0 Å². The van der Waals surface area contributed by atoms with Gasteiger partial charge in [0.15, 0.2) is 0 Å². The van der Waals surface area contributed by atoms with E-state index in [4.69, 9.17) is 4.74 Å². The number of benzene rings is 2. The van der Waals surface area contributed by atoms with Crippen LogP contribution in [0.5, 0.6) is 5.75 Å². The topological polar surface area (TPSA) is 37.0 Å². The van der Waals surface area contributed by atoms with Gasteiger partial charge in [-0.2, -0.15) is 0 Å². The Balaban J connectivity index is 1.85. The van der Waals surface area contributed by atoms with Gasteiger partial charge in [-0.25, -0.2) is 0 Å². The van der Waals surface area contributed by atoms with E-state index >= 15 is 0 Å². The van der Waals surface area contributed by atoms with Crippen molar-refractivity contribution in [2.45, 2.75) is 45.6 Å². The fraction of sp³-hybridized carbons (Fsp3) is 0.391. The molecular weight excluding hydrogens is 320 g/mol. The molecule has 1 unspecified atom stereocenters. The van der Waals surface area contributed by atoms with Gasteiger partial charge in [0.05, 0.1) is 13.2 Å². The first-order valence-electron chi connectivity index (χ1n) is 9.41. The molecule has 3 nitrogen and oxygen atoms in total. The SMILES string of the molecule is COc1ccc(C2NCCc3c2[nH]c2ccc(C)cc32)cc1C(C)(C)C. The molecule has 0 radical (unpaired) electrons. The molecule has 0 bridgehead atoms. The maximum atomic E-state index is 5.62. The predicted molar refractivity (Wildman–Crippen MR) is 108 cm³/mol. The van der Waals surface area contributed by atoms with Gasteiger partial charge in [-0.1, -0.05) is 38.5 Å². The number of hydrogen-bond acceptors (Lipinski definition) is 2. The van der Waals surface area contributed by atoms with Gasteiger partial charge in [-0.15, -0.1) is 0 Å². The summed E-state index contributed by atoms with van der Waals surface area (Å²) in [6, 6.07) is 13.5. The molecule has 0 aliphatic carbocycles. The van der Waals surface area contributed by atoms with Crippen LogP contribution in [-0.4, -0.2) is 18.6 Å². The van der Waals surface area contributed by atoms with Crippen molar-refractivity contribution >= 4 is 10.9 Å². The van der Waals surface area contributed by atoms with E-state index in [9.17, 15) is 0 Å². The maximum absolute atomic E-state index is 5.62. The van der Waals surface area contributed by atoms with Gasteiger partial charge in [-0.05, 0) is 59.7 Å². The van der Waals surface area contributed by atoms with Crippen LogP contribution in [0.15, 0.2) is 36.4 Å². The first-order valence-corrected chi connectivity index (χ1v) is 9.41. The van der Waals surface area contributed by atoms with Crippen LogP contribution >= 0.6 is 0 Å². The minimum Gasteiger partial charge on any atom is -0.496 e. The highest BCUT2D eigenvalue weighted by Gasteiger charge is 2.27. The van der Waals surface area contributed by atoms with Crippen molar-refractivity contribution in [3.8, 4) is 5.75 Å².